The summed E-state index contributed by atoms with van der Waals surface area (Å²) in [6, 6.07) is 23.2. The smallest absolute Gasteiger partial charge is 0.270 e. The molecule has 262 valence electrons. The predicted octanol–water partition coefficient (Wildman–Crippen LogP) is 4.72. The number of nitrogens with two attached hydrogens (primary N) is 2. The first-order chi connectivity index (χ1) is 24.7. The standard InChI is InChI=1S/C23H23N7O2.C14H19N5/c1-27-8-10-28(11-9-27)18-6-2-5-17(12-18)21-15-26-29-22(24)20(14-25-23(21)29)16-4-3-7-19(13-16)30(31)32;1-18-5-7-19(8-6-18)12-4-2-3-11(9-12)13-10-16-17-14(13)15/h2-7,12-15H,8-11,24H2,1H3;2-4,9-10H,5-8H2,1H3,(H3,15,16,17). The van der Waals surface area contributed by atoms with Gasteiger partial charge in [-0.2, -0.15) is 14.7 Å². The number of rotatable bonds is 6. The van der Waals surface area contributed by atoms with E-state index in [4.69, 9.17) is 11.5 Å². The maximum absolute atomic E-state index is 11.1. The molecule has 14 nitrogen and oxygen atoms in total. The molecule has 6 aromatic rings. The Morgan fingerprint density at radius 1 is 0.686 bits per heavy atom. The number of anilines is 4. The molecular weight excluding hydrogens is 644 g/mol. The minimum atomic E-state index is -0.426. The van der Waals surface area contributed by atoms with Gasteiger partial charge >= 0.3 is 0 Å². The van der Waals surface area contributed by atoms with Crippen molar-refractivity contribution < 1.29 is 4.92 Å². The van der Waals surface area contributed by atoms with Gasteiger partial charge in [0.15, 0.2) is 5.65 Å². The van der Waals surface area contributed by atoms with Crippen LogP contribution in [0.15, 0.2) is 91.4 Å². The van der Waals surface area contributed by atoms with E-state index in [-0.39, 0.29) is 5.69 Å². The molecule has 0 atom stereocenters. The number of aromatic amines is 1. The fourth-order valence-corrected chi connectivity index (χ4v) is 6.56. The molecule has 0 aliphatic carbocycles. The molecule has 14 heteroatoms. The number of nitrogens with zero attached hydrogens (tertiary/aromatic N) is 9. The van der Waals surface area contributed by atoms with Gasteiger partial charge in [0.25, 0.3) is 5.69 Å². The van der Waals surface area contributed by atoms with Crippen LogP contribution in [0, 0.1) is 10.1 Å². The molecule has 0 saturated carbocycles. The van der Waals surface area contributed by atoms with Crippen LogP contribution in [-0.4, -0.2) is 106 Å². The van der Waals surface area contributed by atoms with Crippen molar-refractivity contribution in [3.8, 4) is 33.4 Å². The van der Waals surface area contributed by atoms with E-state index in [2.05, 4.69) is 90.4 Å². The molecule has 0 bridgehead atoms. The molecule has 51 heavy (non-hydrogen) atoms. The van der Waals surface area contributed by atoms with Gasteiger partial charge in [0, 0.05) is 98.8 Å². The second kappa shape index (κ2) is 14.5. The molecule has 2 aliphatic heterocycles. The molecule has 5 heterocycles. The average molecular weight is 687 g/mol. The first-order valence-electron chi connectivity index (χ1n) is 17.0. The van der Waals surface area contributed by atoms with Crippen LogP contribution in [0.3, 0.4) is 0 Å². The second-order valence-electron chi connectivity index (χ2n) is 13.0. The van der Waals surface area contributed by atoms with Gasteiger partial charge in [-0.3, -0.25) is 15.2 Å². The highest BCUT2D eigenvalue weighted by atomic mass is 16.6. The molecular formula is C37H42N12O2. The van der Waals surface area contributed by atoms with E-state index in [1.807, 2.05) is 12.1 Å². The monoisotopic (exact) mass is 686 g/mol. The Labute approximate surface area is 296 Å². The summed E-state index contributed by atoms with van der Waals surface area (Å²) in [6.07, 6.45) is 5.19. The summed E-state index contributed by atoms with van der Waals surface area (Å²) in [5, 5.41) is 22.4. The van der Waals surface area contributed by atoms with Crippen LogP contribution in [0.4, 0.5) is 28.7 Å². The lowest BCUT2D eigenvalue weighted by Crippen LogP contribution is -2.44. The van der Waals surface area contributed by atoms with Crippen LogP contribution in [0.5, 0.6) is 0 Å². The maximum atomic E-state index is 11.1. The lowest BCUT2D eigenvalue weighted by Gasteiger charge is -2.34. The van der Waals surface area contributed by atoms with E-state index in [1.165, 1.54) is 23.5 Å². The van der Waals surface area contributed by atoms with E-state index in [9.17, 15) is 10.1 Å². The molecule has 3 aromatic heterocycles. The van der Waals surface area contributed by atoms with Gasteiger partial charge in [-0.25, -0.2) is 4.98 Å². The largest absolute Gasteiger partial charge is 0.384 e. The van der Waals surface area contributed by atoms with Crippen molar-refractivity contribution in [2.24, 2.45) is 0 Å². The van der Waals surface area contributed by atoms with Gasteiger partial charge in [-0.1, -0.05) is 36.4 Å². The van der Waals surface area contributed by atoms with Crippen molar-refractivity contribution in [2.75, 3.05) is 87.7 Å². The third-order valence-corrected chi connectivity index (χ3v) is 9.65. The minimum absolute atomic E-state index is 0.00359. The highest BCUT2D eigenvalue weighted by Crippen LogP contribution is 2.33. The summed E-state index contributed by atoms with van der Waals surface area (Å²) in [6.45, 7) is 8.43. The summed E-state index contributed by atoms with van der Waals surface area (Å²) in [5.41, 5.74) is 20.6. The quantitative estimate of drug-likeness (QED) is 0.164. The van der Waals surface area contributed by atoms with Crippen LogP contribution in [-0.2, 0) is 0 Å². The molecule has 2 aliphatic rings. The number of aromatic nitrogens is 5. The summed E-state index contributed by atoms with van der Waals surface area (Å²) >= 11 is 0. The normalized spacial score (nSPS) is 15.5. The Morgan fingerprint density at radius 2 is 1.24 bits per heavy atom. The molecule has 8 rings (SSSR count). The molecule has 3 aromatic carbocycles. The zero-order valence-electron chi connectivity index (χ0n) is 28.8. The van der Waals surface area contributed by atoms with E-state index < -0.39 is 4.92 Å². The van der Waals surface area contributed by atoms with Gasteiger partial charge in [0.05, 0.1) is 17.3 Å². The van der Waals surface area contributed by atoms with Crippen molar-refractivity contribution >= 4 is 34.3 Å². The fourth-order valence-electron chi connectivity index (χ4n) is 6.56. The van der Waals surface area contributed by atoms with E-state index >= 15 is 0 Å². The number of hydrogen-bond acceptors (Lipinski definition) is 11. The molecule has 5 N–H and O–H groups in total. The van der Waals surface area contributed by atoms with Crippen LogP contribution >= 0.6 is 0 Å². The van der Waals surface area contributed by atoms with Gasteiger partial charge in [-0.15, -0.1) is 0 Å². The molecule has 0 amide bonds. The predicted molar refractivity (Wildman–Crippen MR) is 203 cm³/mol. The van der Waals surface area contributed by atoms with Crippen molar-refractivity contribution in [3.63, 3.8) is 0 Å². The number of benzene rings is 3. The number of nitrogens with one attached hydrogen (secondary N) is 1. The van der Waals surface area contributed by atoms with Gasteiger partial charge in [0.2, 0.25) is 0 Å². The topological polar surface area (TPSA) is 167 Å². The number of nitrogen functional groups attached to an aromatic ring is 2. The van der Waals surface area contributed by atoms with Gasteiger partial charge in [0.1, 0.15) is 11.6 Å². The number of nitro benzene ring substituents is 1. The zero-order chi connectivity index (χ0) is 35.5. The number of likely N-dealkylation sites (N-methyl/N-ethyl adjacent to an activating group) is 2. The zero-order valence-corrected chi connectivity index (χ0v) is 28.8. The summed E-state index contributed by atoms with van der Waals surface area (Å²) in [5.74, 6) is 1.01. The summed E-state index contributed by atoms with van der Waals surface area (Å²) in [7, 11) is 4.31. The Hall–Kier alpha value is -5.99. The number of nitro groups is 1. The number of H-pyrrole nitrogens is 1. The van der Waals surface area contributed by atoms with Crippen molar-refractivity contribution in [2.45, 2.75) is 0 Å². The average Bonchev–Trinajstić information content (AvgIpc) is 3.80. The molecule has 0 spiro atoms. The minimum Gasteiger partial charge on any atom is -0.384 e. The molecule has 0 unspecified atom stereocenters. The maximum Gasteiger partial charge on any atom is 0.270 e. The lowest BCUT2D eigenvalue weighted by atomic mass is 10.1. The number of non-ortho nitro benzene ring substituents is 1. The molecule has 2 saturated heterocycles. The lowest BCUT2D eigenvalue weighted by molar-refractivity contribution is -0.384. The second-order valence-corrected chi connectivity index (χ2v) is 13.0. The van der Waals surface area contributed by atoms with Crippen molar-refractivity contribution in [1.82, 2.24) is 34.6 Å². The Kier molecular flexibility index (Phi) is 9.51. The summed E-state index contributed by atoms with van der Waals surface area (Å²) < 4.78 is 1.59. The fraction of sp³-hybridized carbons (Fsp3) is 0.270. The first kappa shape index (κ1) is 33.5. The highest BCUT2D eigenvalue weighted by molar-refractivity contribution is 5.83. The van der Waals surface area contributed by atoms with Crippen LogP contribution in [0.1, 0.15) is 0 Å². The third-order valence-electron chi connectivity index (χ3n) is 9.65. The number of hydrogen-bond donors (Lipinski definition) is 3. The molecule has 0 radical (unpaired) electrons. The van der Waals surface area contributed by atoms with E-state index in [0.29, 0.717) is 28.4 Å². The van der Waals surface area contributed by atoms with Crippen molar-refractivity contribution in [1.29, 1.82) is 0 Å². The van der Waals surface area contributed by atoms with Gasteiger partial charge in [-0.05, 0) is 55.1 Å². The van der Waals surface area contributed by atoms with Crippen molar-refractivity contribution in [3.05, 3.63) is 102 Å². The third kappa shape index (κ3) is 7.18. The van der Waals surface area contributed by atoms with Crippen LogP contribution in [0.25, 0.3) is 39.0 Å². The van der Waals surface area contributed by atoms with E-state index in [0.717, 1.165) is 74.6 Å². The molecule has 2 fully saturated rings. The van der Waals surface area contributed by atoms with Crippen LogP contribution in [0.2, 0.25) is 0 Å². The first-order valence-corrected chi connectivity index (χ1v) is 17.0. The van der Waals surface area contributed by atoms with E-state index in [1.54, 1.807) is 35.2 Å². The van der Waals surface area contributed by atoms with Crippen LogP contribution < -0.4 is 21.3 Å². The number of fused-ring (bicyclic) bond motifs is 1. The number of piperazine rings is 2. The van der Waals surface area contributed by atoms with Gasteiger partial charge < -0.3 is 31.1 Å². The highest BCUT2D eigenvalue weighted by Gasteiger charge is 2.19. The Morgan fingerprint density at radius 3 is 1.78 bits per heavy atom. The Balaban J connectivity index is 0.000000182. The Bertz CT molecular complexity index is 2140. The SMILES string of the molecule is CN1CCN(c2cccc(-c3cn[nH]c3N)c2)CC1.CN1CCN(c2cccc(-c3cnn4c(N)c(-c5cccc([N+](=O)[O-])c5)cnc34)c2)CC1. The summed E-state index contributed by atoms with van der Waals surface area (Å²) in [4.78, 5) is 24.8.